The van der Waals surface area contributed by atoms with Crippen LogP contribution in [0, 0.1) is 5.82 Å². The molecule has 0 aliphatic carbocycles. The minimum atomic E-state index is -3.76. The molecule has 154 valence electrons. The largest absolute Gasteiger partial charge is 0.290 e. The van der Waals surface area contributed by atoms with Crippen LogP contribution in [-0.4, -0.2) is 35.1 Å². The molecule has 0 unspecified atom stereocenters. The monoisotopic (exact) mass is 446 g/mol. The molecular formula is C20H16ClFN4O3S. The summed E-state index contributed by atoms with van der Waals surface area (Å²) in [4.78, 5) is 20.7. The lowest BCUT2D eigenvalue weighted by Gasteiger charge is -2.27. The smallest absolute Gasteiger partial charge is 0.258 e. The molecule has 1 aliphatic heterocycles. The summed E-state index contributed by atoms with van der Waals surface area (Å²) in [5.74, 6) is -0.979. The molecule has 1 aromatic heterocycles. The Labute approximate surface area is 177 Å². The Morgan fingerprint density at radius 3 is 2.73 bits per heavy atom. The van der Waals surface area contributed by atoms with Gasteiger partial charge in [0.1, 0.15) is 10.7 Å². The zero-order valence-corrected chi connectivity index (χ0v) is 17.1. The fourth-order valence-corrected chi connectivity index (χ4v) is 5.06. The first-order chi connectivity index (χ1) is 14.3. The number of anilines is 1. The van der Waals surface area contributed by atoms with Crippen molar-refractivity contribution in [2.45, 2.75) is 17.9 Å². The van der Waals surface area contributed by atoms with Gasteiger partial charge in [-0.25, -0.2) is 22.8 Å². The van der Waals surface area contributed by atoms with Crippen LogP contribution in [0.5, 0.6) is 0 Å². The number of halogens is 2. The summed E-state index contributed by atoms with van der Waals surface area (Å²) in [6.45, 7) is 0.315. The van der Waals surface area contributed by atoms with Crippen molar-refractivity contribution in [3.63, 3.8) is 0 Å². The summed E-state index contributed by atoms with van der Waals surface area (Å²) >= 11 is 6.06. The number of aromatic nitrogens is 2. The van der Waals surface area contributed by atoms with Gasteiger partial charge in [-0.05, 0) is 30.3 Å². The summed E-state index contributed by atoms with van der Waals surface area (Å²) in [5, 5.41) is 2.70. The predicted molar refractivity (Wildman–Crippen MR) is 109 cm³/mol. The van der Waals surface area contributed by atoms with Gasteiger partial charge in [-0.15, -0.1) is 0 Å². The van der Waals surface area contributed by atoms with Crippen molar-refractivity contribution in [2.24, 2.45) is 0 Å². The van der Waals surface area contributed by atoms with Crippen LogP contribution in [0.3, 0.4) is 0 Å². The average molecular weight is 447 g/mol. The van der Waals surface area contributed by atoms with Gasteiger partial charge in [0.25, 0.3) is 5.91 Å². The zero-order chi connectivity index (χ0) is 21.3. The van der Waals surface area contributed by atoms with E-state index >= 15 is 0 Å². The molecule has 3 aromatic rings. The van der Waals surface area contributed by atoms with Crippen LogP contribution in [0.25, 0.3) is 0 Å². The molecule has 0 bridgehead atoms. The van der Waals surface area contributed by atoms with Crippen LogP contribution in [0.4, 0.5) is 10.3 Å². The summed E-state index contributed by atoms with van der Waals surface area (Å²) < 4.78 is 40.5. The molecule has 2 aromatic carbocycles. The summed E-state index contributed by atoms with van der Waals surface area (Å²) in [6, 6.07) is 11.6. The number of nitrogens with one attached hydrogen (secondary N) is 1. The van der Waals surface area contributed by atoms with Crippen LogP contribution in [0.1, 0.15) is 21.6 Å². The first-order valence-electron chi connectivity index (χ1n) is 9.01. The van der Waals surface area contributed by atoms with Crippen LogP contribution in [0.15, 0.2) is 59.6 Å². The van der Waals surface area contributed by atoms with Crippen LogP contribution in [0.2, 0.25) is 5.02 Å². The SMILES string of the molecule is O=C(Nc1ncc2c(n1)CCN(S(=O)(=O)c1ccccc1Cl)C2)c1cccc(F)c1. The second-order valence-corrected chi connectivity index (χ2v) is 8.96. The molecule has 10 heteroatoms. The van der Waals surface area contributed by atoms with Crippen LogP contribution in [-0.2, 0) is 23.0 Å². The molecule has 2 heterocycles. The Morgan fingerprint density at radius 2 is 1.97 bits per heavy atom. The van der Waals surface area contributed by atoms with Gasteiger partial charge in [0.05, 0.1) is 10.7 Å². The van der Waals surface area contributed by atoms with Crippen molar-refractivity contribution in [3.05, 3.63) is 82.4 Å². The van der Waals surface area contributed by atoms with Gasteiger partial charge in [0, 0.05) is 36.8 Å². The Kier molecular flexibility index (Phi) is 5.50. The highest BCUT2D eigenvalue weighted by molar-refractivity contribution is 7.89. The fourth-order valence-electron chi connectivity index (χ4n) is 3.15. The second-order valence-electron chi connectivity index (χ2n) is 6.65. The van der Waals surface area contributed by atoms with Crippen molar-refractivity contribution in [1.29, 1.82) is 0 Å². The van der Waals surface area contributed by atoms with E-state index < -0.39 is 21.7 Å². The first-order valence-corrected chi connectivity index (χ1v) is 10.8. The van der Waals surface area contributed by atoms with E-state index in [1.54, 1.807) is 12.1 Å². The quantitative estimate of drug-likeness (QED) is 0.664. The molecule has 7 nitrogen and oxygen atoms in total. The van der Waals surface area contributed by atoms with Gasteiger partial charge in [0.15, 0.2) is 0 Å². The molecule has 0 spiro atoms. The number of hydrogen-bond acceptors (Lipinski definition) is 5. The highest BCUT2D eigenvalue weighted by Crippen LogP contribution is 2.28. The maximum absolute atomic E-state index is 13.3. The van der Waals surface area contributed by atoms with Crippen LogP contribution < -0.4 is 5.32 Å². The molecule has 1 aliphatic rings. The second kappa shape index (κ2) is 8.10. The molecule has 0 saturated heterocycles. The van der Waals surface area contributed by atoms with Gasteiger partial charge in [0.2, 0.25) is 16.0 Å². The lowest BCUT2D eigenvalue weighted by Crippen LogP contribution is -2.36. The highest BCUT2D eigenvalue weighted by atomic mass is 35.5. The number of hydrogen-bond donors (Lipinski definition) is 1. The molecule has 0 saturated carbocycles. The van der Waals surface area contributed by atoms with Gasteiger partial charge in [-0.2, -0.15) is 4.31 Å². The minimum Gasteiger partial charge on any atom is -0.290 e. The normalized spacial score (nSPS) is 14.2. The highest BCUT2D eigenvalue weighted by Gasteiger charge is 2.30. The van der Waals surface area contributed by atoms with E-state index in [-0.39, 0.29) is 34.5 Å². The van der Waals surface area contributed by atoms with Crippen LogP contribution >= 0.6 is 11.6 Å². The van der Waals surface area contributed by atoms with Gasteiger partial charge in [-0.1, -0.05) is 29.8 Å². The number of sulfonamides is 1. The molecular weight excluding hydrogens is 431 g/mol. The first kappa shape index (κ1) is 20.4. The van der Waals surface area contributed by atoms with Crippen molar-refractivity contribution in [1.82, 2.24) is 14.3 Å². The van der Waals surface area contributed by atoms with Crippen molar-refractivity contribution in [2.75, 3.05) is 11.9 Å². The minimum absolute atomic E-state index is 0.0509. The maximum atomic E-state index is 13.3. The number of carbonyl (C=O) groups is 1. The summed E-state index contributed by atoms with van der Waals surface area (Å²) in [7, 11) is -3.76. The summed E-state index contributed by atoms with van der Waals surface area (Å²) in [5.41, 5.74) is 1.43. The van der Waals surface area contributed by atoms with Crippen molar-refractivity contribution < 1.29 is 17.6 Å². The lowest BCUT2D eigenvalue weighted by molar-refractivity contribution is 0.102. The Hall–Kier alpha value is -2.88. The molecule has 0 fully saturated rings. The van der Waals surface area contributed by atoms with E-state index in [9.17, 15) is 17.6 Å². The molecule has 0 radical (unpaired) electrons. The van der Waals surface area contributed by atoms with E-state index in [0.717, 1.165) is 6.07 Å². The Bertz CT molecular complexity index is 1240. The third kappa shape index (κ3) is 4.04. The van der Waals surface area contributed by atoms with E-state index in [0.29, 0.717) is 17.7 Å². The third-order valence-electron chi connectivity index (χ3n) is 4.67. The van der Waals surface area contributed by atoms with E-state index in [4.69, 9.17) is 11.6 Å². The molecule has 1 N–H and O–H groups in total. The molecule has 30 heavy (non-hydrogen) atoms. The number of benzene rings is 2. The maximum Gasteiger partial charge on any atom is 0.258 e. The van der Waals surface area contributed by atoms with Gasteiger partial charge < -0.3 is 0 Å². The average Bonchev–Trinajstić information content (AvgIpc) is 2.73. The lowest BCUT2D eigenvalue weighted by atomic mass is 10.1. The van der Waals surface area contributed by atoms with Crippen molar-refractivity contribution in [3.8, 4) is 0 Å². The third-order valence-corrected chi connectivity index (χ3v) is 7.01. The van der Waals surface area contributed by atoms with Crippen molar-refractivity contribution >= 4 is 33.5 Å². The number of amides is 1. The zero-order valence-electron chi connectivity index (χ0n) is 15.5. The van der Waals surface area contributed by atoms with Gasteiger partial charge >= 0.3 is 0 Å². The number of nitrogens with zero attached hydrogens (tertiary/aromatic N) is 3. The standard InChI is InChI=1S/C20H16ClFN4O3S/c21-16-6-1-2-7-18(16)30(28,29)26-9-8-17-14(12-26)11-23-20(24-17)25-19(27)13-4-3-5-15(22)10-13/h1-7,10-11H,8-9,12H2,(H,23,24,25,27). The molecule has 0 atom stereocenters. The van der Waals surface area contributed by atoms with E-state index in [1.165, 1.54) is 40.8 Å². The number of fused-ring (bicyclic) bond motifs is 1. The molecule has 1 amide bonds. The number of carbonyl (C=O) groups excluding carboxylic acids is 1. The Morgan fingerprint density at radius 1 is 1.17 bits per heavy atom. The van der Waals surface area contributed by atoms with E-state index in [2.05, 4.69) is 15.3 Å². The number of rotatable bonds is 4. The fraction of sp³-hybridized carbons (Fsp3) is 0.150. The Balaban J connectivity index is 1.52. The topological polar surface area (TPSA) is 92.3 Å². The molecule has 4 rings (SSSR count). The predicted octanol–water partition coefficient (Wildman–Crippen LogP) is 3.27. The van der Waals surface area contributed by atoms with Gasteiger partial charge in [-0.3, -0.25) is 10.1 Å². The van der Waals surface area contributed by atoms with E-state index in [1.807, 2.05) is 0 Å². The summed E-state index contributed by atoms with van der Waals surface area (Å²) in [6.07, 6.45) is 1.84.